The smallest absolute Gasteiger partial charge is 0.150 e. The molecule has 0 aliphatic heterocycles. The second-order valence-corrected chi connectivity index (χ2v) is 11.1. The van der Waals surface area contributed by atoms with E-state index < -0.39 is 12.0 Å². The van der Waals surface area contributed by atoms with Crippen molar-refractivity contribution in [3.05, 3.63) is 77.6 Å². The number of hydrogen-bond donors (Lipinski definition) is 4. The van der Waals surface area contributed by atoms with Crippen LogP contribution in [-0.2, 0) is 12.0 Å². The van der Waals surface area contributed by atoms with Crippen LogP contribution in [0.1, 0.15) is 61.7 Å². The van der Waals surface area contributed by atoms with Gasteiger partial charge in [0.2, 0.25) is 0 Å². The van der Waals surface area contributed by atoms with Gasteiger partial charge in [-0.15, -0.1) is 0 Å². The third kappa shape index (κ3) is 4.44. The number of rotatable bonds is 8. The van der Waals surface area contributed by atoms with E-state index in [0.29, 0.717) is 23.7 Å². The molecule has 204 valence electrons. The molecule has 1 atom stereocenters. The quantitative estimate of drug-likeness (QED) is 0.248. The number of halogens is 1. The monoisotopic (exact) mass is 531 g/mol. The number of imidazole rings is 1. The number of nitrogens with one attached hydrogen (secondary N) is 1. The molecule has 5 N–H and O–H groups in total. The molecule has 0 amide bonds. The van der Waals surface area contributed by atoms with Crippen LogP contribution in [0.3, 0.4) is 0 Å². The molecule has 39 heavy (non-hydrogen) atoms. The summed E-state index contributed by atoms with van der Waals surface area (Å²) >= 11 is 0. The Morgan fingerprint density at radius 2 is 1.82 bits per heavy atom. The van der Waals surface area contributed by atoms with Crippen molar-refractivity contribution in [3.8, 4) is 17.0 Å². The molecular weight excluding hydrogens is 497 g/mol. The second-order valence-electron chi connectivity index (χ2n) is 11.1. The van der Waals surface area contributed by atoms with Crippen molar-refractivity contribution in [2.24, 2.45) is 5.41 Å². The summed E-state index contributed by atoms with van der Waals surface area (Å²) in [5.74, 6) is 1.45. The van der Waals surface area contributed by atoms with E-state index in [1.54, 1.807) is 6.20 Å². The van der Waals surface area contributed by atoms with E-state index in [9.17, 15) is 14.6 Å². The summed E-state index contributed by atoms with van der Waals surface area (Å²) in [6, 6.07) is 12.0. The number of aliphatic hydroxyl groups is 2. The minimum Gasteiger partial charge on any atom is -0.496 e. The Hall–Kier alpha value is -3.53. The molecule has 8 nitrogen and oxygen atoms in total. The Balaban J connectivity index is 1.26. The molecule has 2 heterocycles. The van der Waals surface area contributed by atoms with E-state index in [4.69, 9.17) is 15.5 Å². The predicted molar refractivity (Wildman–Crippen MR) is 146 cm³/mol. The Kier molecular flexibility index (Phi) is 6.53. The van der Waals surface area contributed by atoms with Gasteiger partial charge in [-0.3, -0.25) is 9.72 Å². The average molecular weight is 532 g/mol. The van der Waals surface area contributed by atoms with Crippen LogP contribution in [0.25, 0.3) is 16.8 Å². The number of nitrogens with two attached hydrogens (primary N) is 1. The fraction of sp³-hybridized carbons (Fsp3) is 0.400. The van der Waals surface area contributed by atoms with Crippen LogP contribution in [0, 0.1) is 11.2 Å². The first kappa shape index (κ1) is 25.7. The maximum absolute atomic E-state index is 13.7. The maximum Gasteiger partial charge on any atom is 0.150 e. The van der Waals surface area contributed by atoms with Crippen molar-refractivity contribution in [1.29, 1.82) is 0 Å². The number of fused-ring (bicyclic) bond motifs is 4. The molecule has 2 bridgehead atoms. The molecule has 3 aliphatic carbocycles. The molecule has 0 radical (unpaired) electrons. The van der Waals surface area contributed by atoms with Crippen molar-refractivity contribution in [3.63, 3.8) is 0 Å². The Labute approximate surface area is 226 Å². The highest BCUT2D eigenvalue weighted by Gasteiger charge is 2.51. The largest absolute Gasteiger partial charge is 0.496 e. The number of aliphatic hydroxyl groups excluding tert-OH is 2. The number of methoxy groups -OCH3 is 1. The molecule has 4 aromatic rings. The van der Waals surface area contributed by atoms with Crippen LogP contribution in [-0.4, -0.2) is 38.3 Å². The predicted octanol–water partition coefficient (Wildman–Crippen LogP) is 4.49. The maximum atomic E-state index is 13.7. The fourth-order valence-corrected chi connectivity index (χ4v) is 6.50. The van der Waals surface area contributed by atoms with Crippen LogP contribution in [0.4, 0.5) is 10.2 Å². The van der Waals surface area contributed by atoms with E-state index >= 15 is 0 Å². The number of nitrogens with zero attached hydrogens (tertiary/aromatic N) is 3. The van der Waals surface area contributed by atoms with Crippen molar-refractivity contribution < 1.29 is 19.3 Å². The van der Waals surface area contributed by atoms with Crippen molar-refractivity contribution in [2.75, 3.05) is 19.5 Å². The van der Waals surface area contributed by atoms with Gasteiger partial charge >= 0.3 is 0 Å². The van der Waals surface area contributed by atoms with E-state index in [1.165, 1.54) is 25.3 Å². The Morgan fingerprint density at radius 1 is 1.10 bits per heavy atom. The molecule has 3 aliphatic rings. The number of hydrogen-bond acceptors (Lipinski definition) is 7. The lowest BCUT2D eigenvalue weighted by Crippen LogP contribution is -2.46. The summed E-state index contributed by atoms with van der Waals surface area (Å²) in [5, 5.41) is 23.6. The van der Waals surface area contributed by atoms with Gasteiger partial charge in [-0.05, 0) is 67.7 Å². The lowest BCUT2D eigenvalue weighted by atomic mass is 9.53. The van der Waals surface area contributed by atoms with Gasteiger partial charge in [0, 0.05) is 42.1 Å². The minimum absolute atomic E-state index is 0.0240. The van der Waals surface area contributed by atoms with Crippen LogP contribution < -0.4 is 15.8 Å². The standard InChI is InChI=1S/C30H34FN5O3/c1-39-23-7-6-21(31)16-22(23)27(38)34-17-19-2-4-20(5-3-19)24-25-26(32)33-14-15-36(25)28(35-24)30-11-8-29(18-37,9-12-30)10-13-30/h2-7,14-16,27,34,37-38H,8-13,17-18H2,1H3,(H2,32,33). The van der Waals surface area contributed by atoms with Gasteiger partial charge in [0.15, 0.2) is 0 Å². The Bertz CT molecular complexity index is 1480. The first-order valence-corrected chi connectivity index (χ1v) is 13.5. The van der Waals surface area contributed by atoms with E-state index in [2.05, 4.69) is 14.7 Å². The van der Waals surface area contributed by atoms with Crippen LogP contribution >= 0.6 is 0 Å². The Morgan fingerprint density at radius 3 is 2.49 bits per heavy atom. The zero-order valence-corrected chi connectivity index (χ0v) is 22.0. The molecule has 3 fully saturated rings. The summed E-state index contributed by atoms with van der Waals surface area (Å²) in [7, 11) is 1.49. The lowest BCUT2D eigenvalue weighted by molar-refractivity contribution is -0.00994. The van der Waals surface area contributed by atoms with Crippen molar-refractivity contribution in [1.82, 2.24) is 19.7 Å². The van der Waals surface area contributed by atoms with Gasteiger partial charge in [0.25, 0.3) is 0 Å². The van der Waals surface area contributed by atoms with Gasteiger partial charge in [-0.25, -0.2) is 14.4 Å². The molecule has 2 aromatic heterocycles. The highest BCUT2D eigenvalue weighted by atomic mass is 19.1. The molecule has 7 rings (SSSR count). The normalized spacial score (nSPS) is 23.3. The summed E-state index contributed by atoms with van der Waals surface area (Å²) < 4.78 is 21.1. The number of aromatic nitrogens is 3. The number of nitrogen functional groups attached to an aromatic ring is 1. The topological polar surface area (TPSA) is 118 Å². The van der Waals surface area contributed by atoms with E-state index in [0.717, 1.165) is 66.7 Å². The molecule has 0 saturated heterocycles. The molecule has 9 heteroatoms. The SMILES string of the molecule is COc1ccc(F)cc1C(O)NCc1ccc(-c2nc(C34CCC(CO)(CC3)CC4)n3ccnc(N)c23)cc1. The van der Waals surface area contributed by atoms with Gasteiger partial charge in [-0.2, -0.15) is 0 Å². The summed E-state index contributed by atoms with van der Waals surface area (Å²) in [4.78, 5) is 9.57. The molecule has 3 saturated carbocycles. The molecule has 1 unspecified atom stereocenters. The first-order chi connectivity index (χ1) is 18.9. The van der Waals surface area contributed by atoms with Crippen molar-refractivity contribution in [2.45, 2.75) is 56.7 Å². The van der Waals surface area contributed by atoms with Gasteiger partial charge in [0.1, 0.15) is 40.6 Å². The second kappa shape index (κ2) is 9.89. The van der Waals surface area contributed by atoms with Crippen LogP contribution in [0.2, 0.25) is 0 Å². The number of ether oxygens (including phenoxy) is 1. The van der Waals surface area contributed by atoms with Crippen LogP contribution in [0.15, 0.2) is 54.9 Å². The first-order valence-electron chi connectivity index (χ1n) is 13.5. The fourth-order valence-electron chi connectivity index (χ4n) is 6.50. The highest BCUT2D eigenvalue weighted by Crippen LogP contribution is 2.57. The number of anilines is 1. The van der Waals surface area contributed by atoms with E-state index in [-0.39, 0.29) is 17.4 Å². The summed E-state index contributed by atoms with van der Waals surface area (Å²) in [6.45, 7) is 0.636. The number of benzene rings is 2. The molecule has 2 aromatic carbocycles. The van der Waals surface area contributed by atoms with Gasteiger partial charge < -0.3 is 20.7 Å². The third-order valence-corrected chi connectivity index (χ3v) is 9.01. The molecular formula is C30H34FN5O3. The molecule has 0 spiro atoms. The minimum atomic E-state index is -1.09. The lowest BCUT2D eigenvalue weighted by Gasteiger charge is -2.52. The summed E-state index contributed by atoms with van der Waals surface area (Å²) in [6.07, 6.45) is 8.68. The van der Waals surface area contributed by atoms with Gasteiger partial charge in [-0.1, -0.05) is 24.3 Å². The third-order valence-electron chi connectivity index (χ3n) is 9.01. The zero-order chi connectivity index (χ0) is 27.2. The summed E-state index contributed by atoms with van der Waals surface area (Å²) in [5.41, 5.74) is 10.3. The van der Waals surface area contributed by atoms with Crippen LogP contribution in [0.5, 0.6) is 5.75 Å². The van der Waals surface area contributed by atoms with E-state index in [1.807, 2.05) is 30.5 Å². The average Bonchev–Trinajstić information content (AvgIpc) is 3.39. The zero-order valence-electron chi connectivity index (χ0n) is 22.0. The van der Waals surface area contributed by atoms with Gasteiger partial charge in [0.05, 0.1) is 7.11 Å². The highest BCUT2D eigenvalue weighted by molar-refractivity contribution is 5.85. The van der Waals surface area contributed by atoms with Crippen molar-refractivity contribution >= 4 is 11.3 Å².